The van der Waals surface area contributed by atoms with Crippen LogP contribution in [0.1, 0.15) is 38.1 Å². The minimum absolute atomic E-state index is 0.148. The number of rotatable bonds is 7. The van der Waals surface area contributed by atoms with Crippen LogP contribution in [-0.2, 0) is 4.74 Å². The summed E-state index contributed by atoms with van der Waals surface area (Å²) in [5.41, 5.74) is 0. The van der Waals surface area contributed by atoms with Gasteiger partial charge >= 0.3 is 12.3 Å². The third-order valence-electron chi connectivity index (χ3n) is 4.32. The first-order valence-corrected chi connectivity index (χ1v) is 10.0. The highest BCUT2D eigenvalue weighted by molar-refractivity contribution is 7.99. The van der Waals surface area contributed by atoms with E-state index in [1.165, 1.54) is 18.2 Å². The van der Waals surface area contributed by atoms with Crippen LogP contribution in [0.4, 0.5) is 18.0 Å². The summed E-state index contributed by atoms with van der Waals surface area (Å²) >= 11 is 1.38. The minimum Gasteiger partial charge on any atom is -0.461 e. The number of alkyl carbamates (subject to hydrolysis) is 1. The first kappa shape index (κ1) is 20.6. The van der Waals surface area contributed by atoms with Crippen LogP contribution < -0.4 is 5.32 Å². The standard InChI is InChI=1S/C17H21F3N4O3S/c18-17(19,20)11-27-16(25)21-8-10-28-15-23-22-14(13-7-4-9-26-13)24(15)12-5-2-1-3-6-12/h4,7,9,12H,1-3,5-6,8,10-11H2,(H,21,25). The Labute approximate surface area is 164 Å². The molecule has 0 atom stereocenters. The fraction of sp³-hybridized carbons (Fsp3) is 0.588. The van der Waals surface area contributed by atoms with Crippen LogP contribution in [0.2, 0.25) is 0 Å². The van der Waals surface area contributed by atoms with Crippen LogP contribution in [0.3, 0.4) is 0 Å². The van der Waals surface area contributed by atoms with Gasteiger partial charge in [0.15, 0.2) is 17.5 Å². The Balaban J connectivity index is 1.58. The number of carbonyl (C=O) groups excluding carboxylic acids is 1. The molecule has 2 aromatic rings. The highest BCUT2D eigenvalue weighted by Gasteiger charge is 2.29. The number of ether oxygens (including phenoxy) is 1. The first-order valence-electron chi connectivity index (χ1n) is 9.03. The molecule has 3 rings (SSSR count). The number of aromatic nitrogens is 3. The van der Waals surface area contributed by atoms with E-state index in [4.69, 9.17) is 4.42 Å². The molecule has 1 aliphatic carbocycles. The first-order chi connectivity index (χ1) is 13.4. The van der Waals surface area contributed by atoms with Crippen molar-refractivity contribution in [2.24, 2.45) is 0 Å². The lowest BCUT2D eigenvalue weighted by atomic mass is 9.95. The summed E-state index contributed by atoms with van der Waals surface area (Å²) in [6, 6.07) is 3.89. The topological polar surface area (TPSA) is 82.2 Å². The molecule has 0 radical (unpaired) electrons. The highest BCUT2D eigenvalue weighted by atomic mass is 32.2. The van der Waals surface area contributed by atoms with Gasteiger partial charge in [0.05, 0.1) is 6.26 Å². The summed E-state index contributed by atoms with van der Waals surface area (Å²) in [6.07, 6.45) is 1.49. The number of furan rings is 1. The molecule has 0 aromatic carbocycles. The van der Waals surface area contributed by atoms with E-state index in [2.05, 4.69) is 24.8 Å². The van der Waals surface area contributed by atoms with Gasteiger partial charge in [-0.15, -0.1) is 10.2 Å². The number of nitrogens with zero attached hydrogens (tertiary/aromatic N) is 3. The van der Waals surface area contributed by atoms with E-state index in [-0.39, 0.29) is 12.6 Å². The van der Waals surface area contributed by atoms with Crippen molar-refractivity contribution >= 4 is 17.9 Å². The Kier molecular flexibility index (Phi) is 6.87. The van der Waals surface area contributed by atoms with Gasteiger partial charge in [0, 0.05) is 18.3 Å². The van der Waals surface area contributed by atoms with Gasteiger partial charge in [-0.1, -0.05) is 31.0 Å². The molecular formula is C17H21F3N4O3S. The van der Waals surface area contributed by atoms with E-state index in [0.717, 1.165) is 25.7 Å². The van der Waals surface area contributed by atoms with Gasteiger partial charge < -0.3 is 14.5 Å². The molecular weight excluding hydrogens is 397 g/mol. The molecule has 2 aromatic heterocycles. The van der Waals surface area contributed by atoms with Gasteiger partial charge in [0.25, 0.3) is 0 Å². The smallest absolute Gasteiger partial charge is 0.422 e. The quantitative estimate of drug-likeness (QED) is 0.529. The van der Waals surface area contributed by atoms with Crippen molar-refractivity contribution in [3.05, 3.63) is 18.4 Å². The van der Waals surface area contributed by atoms with E-state index >= 15 is 0 Å². The number of amides is 1. The van der Waals surface area contributed by atoms with Gasteiger partial charge in [-0.3, -0.25) is 4.57 Å². The largest absolute Gasteiger partial charge is 0.461 e. The van der Waals surface area contributed by atoms with Crippen LogP contribution >= 0.6 is 11.8 Å². The third-order valence-corrected chi connectivity index (χ3v) is 5.26. The molecule has 28 heavy (non-hydrogen) atoms. The number of alkyl halides is 3. The molecule has 1 aliphatic rings. The number of halogens is 3. The summed E-state index contributed by atoms with van der Waals surface area (Å²) in [5.74, 6) is 1.72. The lowest BCUT2D eigenvalue weighted by Crippen LogP contribution is -2.30. The summed E-state index contributed by atoms with van der Waals surface area (Å²) < 4.78 is 47.7. The highest BCUT2D eigenvalue weighted by Crippen LogP contribution is 2.35. The Hall–Kier alpha value is -2.17. The Morgan fingerprint density at radius 3 is 2.79 bits per heavy atom. The van der Waals surface area contributed by atoms with E-state index in [1.54, 1.807) is 12.3 Å². The Morgan fingerprint density at radius 2 is 2.11 bits per heavy atom. The molecule has 7 nitrogen and oxygen atoms in total. The fourth-order valence-electron chi connectivity index (χ4n) is 3.11. The summed E-state index contributed by atoms with van der Waals surface area (Å²) in [5, 5.41) is 11.5. The molecule has 0 aliphatic heterocycles. The molecule has 0 bridgehead atoms. The predicted molar refractivity (Wildman–Crippen MR) is 96.0 cm³/mol. The monoisotopic (exact) mass is 418 g/mol. The van der Waals surface area contributed by atoms with E-state index < -0.39 is 18.9 Å². The molecule has 1 N–H and O–H groups in total. The Bertz CT molecular complexity index is 758. The van der Waals surface area contributed by atoms with Crippen molar-refractivity contribution in [3.8, 4) is 11.6 Å². The molecule has 1 fully saturated rings. The SMILES string of the molecule is O=C(NCCSc1nnc(-c2ccco2)n1C1CCCCC1)OCC(F)(F)F. The second-order valence-corrected chi connectivity index (χ2v) is 7.47. The number of carbonyl (C=O) groups is 1. The van der Waals surface area contributed by atoms with Gasteiger partial charge in [-0.05, 0) is 25.0 Å². The van der Waals surface area contributed by atoms with Crippen LogP contribution in [0.5, 0.6) is 0 Å². The van der Waals surface area contributed by atoms with Crippen molar-refractivity contribution in [1.82, 2.24) is 20.1 Å². The maximum Gasteiger partial charge on any atom is 0.422 e. The molecule has 0 unspecified atom stereocenters. The van der Waals surface area contributed by atoms with Crippen molar-refractivity contribution in [1.29, 1.82) is 0 Å². The number of nitrogens with one attached hydrogen (secondary N) is 1. The normalized spacial score (nSPS) is 15.5. The zero-order chi connectivity index (χ0) is 20.0. The fourth-order valence-corrected chi connectivity index (χ4v) is 3.97. The van der Waals surface area contributed by atoms with Gasteiger partial charge in [0.1, 0.15) is 0 Å². The molecule has 11 heteroatoms. The van der Waals surface area contributed by atoms with Crippen molar-refractivity contribution in [2.45, 2.75) is 49.5 Å². The molecule has 1 saturated carbocycles. The van der Waals surface area contributed by atoms with Crippen molar-refractivity contribution < 1.29 is 27.1 Å². The molecule has 0 spiro atoms. The molecule has 0 saturated heterocycles. The van der Waals surface area contributed by atoms with E-state index in [0.29, 0.717) is 22.5 Å². The van der Waals surface area contributed by atoms with Crippen molar-refractivity contribution in [3.63, 3.8) is 0 Å². The average Bonchev–Trinajstić information content (AvgIpc) is 3.33. The lowest BCUT2D eigenvalue weighted by molar-refractivity contribution is -0.160. The zero-order valence-electron chi connectivity index (χ0n) is 15.1. The average molecular weight is 418 g/mol. The molecule has 2 heterocycles. The third kappa shape index (κ3) is 5.66. The summed E-state index contributed by atoms with van der Waals surface area (Å²) in [4.78, 5) is 11.3. The summed E-state index contributed by atoms with van der Waals surface area (Å²) in [6.45, 7) is -1.45. The maximum atomic E-state index is 12.0. The van der Waals surface area contributed by atoms with Crippen molar-refractivity contribution in [2.75, 3.05) is 18.9 Å². The summed E-state index contributed by atoms with van der Waals surface area (Å²) in [7, 11) is 0. The van der Waals surface area contributed by atoms with Gasteiger partial charge in [0.2, 0.25) is 5.82 Å². The Morgan fingerprint density at radius 1 is 1.32 bits per heavy atom. The lowest BCUT2D eigenvalue weighted by Gasteiger charge is -2.25. The second-order valence-electron chi connectivity index (χ2n) is 6.41. The number of hydrogen-bond donors (Lipinski definition) is 1. The number of thioether (sulfide) groups is 1. The minimum atomic E-state index is -4.54. The van der Waals surface area contributed by atoms with Crippen LogP contribution in [0, 0.1) is 0 Å². The van der Waals surface area contributed by atoms with E-state index in [9.17, 15) is 18.0 Å². The molecule has 1 amide bonds. The van der Waals surface area contributed by atoms with Crippen LogP contribution in [-0.4, -0.2) is 45.9 Å². The molecule has 154 valence electrons. The second kappa shape index (κ2) is 9.35. The van der Waals surface area contributed by atoms with Crippen LogP contribution in [0.15, 0.2) is 28.0 Å². The van der Waals surface area contributed by atoms with E-state index in [1.807, 2.05) is 6.07 Å². The van der Waals surface area contributed by atoms with Gasteiger partial charge in [-0.2, -0.15) is 13.2 Å². The predicted octanol–water partition coefficient (Wildman–Crippen LogP) is 4.42. The van der Waals surface area contributed by atoms with Gasteiger partial charge in [-0.25, -0.2) is 4.79 Å². The zero-order valence-corrected chi connectivity index (χ0v) is 15.9. The maximum absolute atomic E-state index is 12.0. The number of hydrogen-bond acceptors (Lipinski definition) is 6. The van der Waals surface area contributed by atoms with Crippen LogP contribution in [0.25, 0.3) is 11.6 Å².